The van der Waals surface area contributed by atoms with E-state index in [4.69, 9.17) is 15.2 Å². The third-order valence-electron chi connectivity index (χ3n) is 2.81. The summed E-state index contributed by atoms with van der Waals surface area (Å²) in [5.74, 6) is -0.617. The van der Waals surface area contributed by atoms with Crippen LogP contribution < -0.4 is 10.5 Å². The van der Waals surface area contributed by atoms with E-state index in [-0.39, 0.29) is 12.2 Å². The summed E-state index contributed by atoms with van der Waals surface area (Å²) >= 11 is 3.27. The molecule has 0 aliphatic rings. The van der Waals surface area contributed by atoms with E-state index in [1.807, 2.05) is 0 Å². The molecular weight excluding hydrogens is 341 g/mol. The molecule has 0 spiro atoms. The molecule has 2 N–H and O–H groups in total. The van der Waals surface area contributed by atoms with Crippen LogP contribution in [0, 0.1) is 5.82 Å². The molecule has 0 aliphatic carbocycles. The van der Waals surface area contributed by atoms with Crippen molar-refractivity contribution in [2.45, 2.75) is 6.61 Å². The number of rotatable bonds is 4. The normalized spacial score (nSPS) is 10.2. The molecule has 0 heterocycles. The Hall–Kier alpha value is -2.08. The second-order valence-electron chi connectivity index (χ2n) is 4.27. The Morgan fingerprint density at radius 3 is 2.76 bits per heavy atom. The topological polar surface area (TPSA) is 61.5 Å². The van der Waals surface area contributed by atoms with Crippen molar-refractivity contribution in [1.82, 2.24) is 0 Å². The molecule has 21 heavy (non-hydrogen) atoms. The van der Waals surface area contributed by atoms with Gasteiger partial charge in [0.25, 0.3) is 0 Å². The zero-order valence-corrected chi connectivity index (χ0v) is 12.8. The smallest absolute Gasteiger partial charge is 0.342 e. The third kappa shape index (κ3) is 3.72. The van der Waals surface area contributed by atoms with Gasteiger partial charge in [0.05, 0.1) is 7.11 Å². The van der Waals surface area contributed by atoms with Gasteiger partial charge < -0.3 is 15.2 Å². The van der Waals surface area contributed by atoms with E-state index < -0.39 is 11.8 Å². The number of ether oxygens (including phenoxy) is 2. The molecule has 2 aromatic rings. The average molecular weight is 354 g/mol. The van der Waals surface area contributed by atoms with Crippen LogP contribution in [0.2, 0.25) is 0 Å². The van der Waals surface area contributed by atoms with Crippen molar-refractivity contribution in [2.75, 3.05) is 12.8 Å². The van der Waals surface area contributed by atoms with E-state index in [2.05, 4.69) is 15.9 Å². The second kappa shape index (κ2) is 6.58. The van der Waals surface area contributed by atoms with Gasteiger partial charge in [0.15, 0.2) is 0 Å². The zero-order valence-electron chi connectivity index (χ0n) is 11.2. The fourth-order valence-corrected chi connectivity index (χ4v) is 2.12. The number of halogens is 2. The van der Waals surface area contributed by atoms with Crippen molar-refractivity contribution >= 4 is 27.6 Å². The lowest BCUT2D eigenvalue weighted by Crippen LogP contribution is -2.08. The molecule has 0 unspecified atom stereocenters. The first-order valence-corrected chi connectivity index (χ1v) is 6.85. The van der Waals surface area contributed by atoms with Crippen LogP contribution in [0.15, 0.2) is 40.9 Å². The number of nitrogen functional groups attached to an aromatic ring is 1. The Labute approximate surface area is 129 Å². The highest BCUT2D eigenvalue weighted by molar-refractivity contribution is 9.10. The Bertz CT molecular complexity index is 676. The van der Waals surface area contributed by atoms with Gasteiger partial charge in [-0.05, 0) is 36.4 Å². The Kier molecular flexibility index (Phi) is 4.80. The van der Waals surface area contributed by atoms with E-state index in [0.29, 0.717) is 21.5 Å². The van der Waals surface area contributed by atoms with E-state index in [0.717, 1.165) is 0 Å². The first kappa shape index (κ1) is 15.3. The van der Waals surface area contributed by atoms with Crippen molar-refractivity contribution in [3.63, 3.8) is 0 Å². The van der Waals surface area contributed by atoms with Crippen molar-refractivity contribution in [2.24, 2.45) is 0 Å². The summed E-state index contributed by atoms with van der Waals surface area (Å²) in [6.07, 6.45) is 0. The number of anilines is 1. The molecule has 0 saturated heterocycles. The van der Waals surface area contributed by atoms with Crippen LogP contribution in [-0.2, 0) is 11.3 Å². The van der Waals surface area contributed by atoms with E-state index in [1.165, 1.54) is 25.3 Å². The lowest BCUT2D eigenvalue weighted by molar-refractivity contribution is 0.0468. The number of hydrogen-bond donors (Lipinski definition) is 1. The monoisotopic (exact) mass is 353 g/mol. The van der Waals surface area contributed by atoms with Gasteiger partial charge in [-0.3, -0.25) is 0 Å². The minimum absolute atomic E-state index is 0.0604. The van der Waals surface area contributed by atoms with E-state index in [9.17, 15) is 9.18 Å². The average Bonchev–Trinajstić information content (AvgIpc) is 2.47. The molecule has 0 amide bonds. The number of methoxy groups -OCH3 is 1. The molecule has 0 saturated carbocycles. The van der Waals surface area contributed by atoms with Crippen molar-refractivity contribution < 1.29 is 18.7 Å². The molecule has 6 heteroatoms. The van der Waals surface area contributed by atoms with Crippen LogP contribution in [0.5, 0.6) is 5.75 Å². The van der Waals surface area contributed by atoms with Crippen LogP contribution in [0.1, 0.15) is 15.9 Å². The fourth-order valence-electron chi connectivity index (χ4n) is 1.76. The van der Waals surface area contributed by atoms with Crippen LogP contribution in [0.3, 0.4) is 0 Å². The highest BCUT2D eigenvalue weighted by Gasteiger charge is 2.15. The molecule has 110 valence electrons. The number of nitrogens with two attached hydrogens (primary N) is 1. The van der Waals surface area contributed by atoms with Crippen molar-refractivity contribution in [3.05, 3.63) is 57.8 Å². The summed E-state index contributed by atoms with van der Waals surface area (Å²) < 4.78 is 24.1. The highest BCUT2D eigenvalue weighted by Crippen LogP contribution is 2.23. The van der Waals surface area contributed by atoms with Crippen LogP contribution in [0.25, 0.3) is 0 Å². The lowest BCUT2D eigenvalue weighted by atomic mass is 10.2. The van der Waals surface area contributed by atoms with Gasteiger partial charge in [-0.1, -0.05) is 15.9 Å². The maximum absolute atomic E-state index is 13.2. The lowest BCUT2D eigenvalue weighted by Gasteiger charge is -2.10. The van der Waals surface area contributed by atoms with Gasteiger partial charge in [0, 0.05) is 15.7 Å². The SMILES string of the molecule is COc1ccc(N)cc1C(=O)OCc1cc(F)ccc1Br. The fraction of sp³-hybridized carbons (Fsp3) is 0.133. The maximum Gasteiger partial charge on any atom is 0.342 e. The number of hydrogen-bond acceptors (Lipinski definition) is 4. The van der Waals surface area contributed by atoms with E-state index >= 15 is 0 Å². The van der Waals surface area contributed by atoms with Crippen LogP contribution in [0.4, 0.5) is 10.1 Å². The second-order valence-corrected chi connectivity index (χ2v) is 5.13. The van der Waals surface area contributed by atoms with Gasteiger partial charge in [0.1, 0.15) is 23.7 Å². The summed E-state index contributed by atoms with van der Waals surface area (Å²) in [6, 6.07) is 8.86. The first-order valence-electron chi connectivity index (χ1n) is 6.06. The standard InChI is InChI=1S/C15H13BrFNO3/c1-20-14-5-3-11(18)7-12(14)15(19)21-8-9-6-10(17)2-4-13(9)16/h2-7H,8,18H2,1H3. The molecule has 0 atom stereocenters. The van der Waals surface area contributed by atoms with E-state index in [1.54, 1.807) is 18.2 Å². The quantitative estimate of drug-likeness (QED) is 0.674. The summed E-state index contributed by atoms with van der Waals surface area (Å²) in [6.45, 7) is -0.0604. The molecule has 0 radical (unpaired) electrons. The van der Waals surface area contributed by atoms with Gasteiger partial charge >= 0.3 is 5.97 Å². The van der Waals surface area contributed by atoms with Gasteiger partial charge in [-0.25, -0.2) is 9.18 Å². The number of esters is 1. The minimum atomic E-state index is -0.588. The number of carbonyl (C=O) groups excluding carboxylic acids is 1. The molecule has 0 fully saturated rings. The van der Waals surface area contributed by atoms with Crippen LogP contribution in [-0.4, -0.2) is 13.1 Å². The summed E-state index contributed by atoms with van der Waals surface area (Å²) in [7, 11) is 1.45. The third-order valence-corrected chi connectivity index (χ3v) is 3.58. The largest absolute Gasteiger partial charge is 0.496 e. The molecule has 0 aromatic heterocycles. The zero-order chi connectivity index (χ0) is 15.4. The van der Waals surface area contributed by atoms with Gasteiger partial charge in [0.2, 0.25) is 0 Å². The molecule has 2 rings (SSSR count). The molecular formula is C15H13BrFNO3. The molecule has 2 aromatic carbocycles. The van der Waals surface area contributed by atoms with Crippen molar-refractivity contribution in [3.8, 4) is 5.75 Å². The molecule has 4 nitrogen and oxygen atoms in total. The van der Waals surface area contributed by atoms with Gasteiger partial charge in [-0.15, -0.1) is 0 Å². The number of carbonyl (C=O) groups is 1. The minimum Gasteiger partial charge on any atom is -0.496 e. The van der Waals surface area contributed by atoms with Crippen LogP contribution >= 0.6 is 15.9 Å². The Morgan fingerprint density at radius 2 is 2.05 bits per heavy atom. The molecule has 0 aliphatic heterocycles. The predicted octanol–water partition coefficient (Wildman–Crippen LogP) is 3.54. The van der Waals surface area contributed by atoms with Crippen molar-refractivity contribution in [1.29, 1.82) is 0 Å². The maximum atomic E-state index is 13.2. The summed E-state index contributed by atoms with van der Waals surface area (Å²) in [5.41, 5.74) is 6.84. The summed E-state index contributed by atoms with van der Waals surface area (Å²) in [4.78, 5) is 12.1. The first-order chi connectivity index (χ1) is 10.0. The Morgan fingerprint density at radius 1 is 1.29 bits per heavy atom. The number of benzene rings is 2. The van der Waals surface area contributed by atoms with Gasteiger partial charge in [-0.2, -0.15) is 0 Å². The predicted molar refractivity (Wildman–Crippen MR) is 80.6 cm³/mol. The summed E-state index contributed by atoms with van der Waals surface area (Å²) in [5, 5.41) is 0. The molecule has 0 bridgehead atoms. The highest BCUT2D eigenvalue weighted by atomic mass is 79.9. The Balaban J connectivity index is 2.15.